The van der Waals surface area contributed by atoms with Gasteiger partial charge in [-0.2, -0.15) is 0 Å². The van der Waals surface area contributed by atoms with Crippen molar-refractivity contribution in [1.82, 2.24) is 10.2 Å². The highest BCUT2D eigenvalue weighted by atomic mass is 32.2. The maximum Gasteiger partial charge on any atom is 0.266 e. The summed E-state index contributed by atoms with van der Waals surface area (Å²) >= 11 is 6.28. The van der Waals surface area contributed by atoms with Crippen molar-refractivity contribution < 1.29 is 22.4 Å². The minimum absolute atomic E-state index is 0.00985. The van der Waals surface area contributed by atoms with E-state index >= 15 is 0 Å². The molecule has 6 nitrogen and oxygen atoms in total. The van der Waals surface area contributed by atoms with Crippen LogP contribution >= 0.6 is 24.0 Å². The molecule has 2 aliphatic heterocycles. The van der Waals surface area contributed by atoms with E-state index in [4.69, 9.17) is 12.2 Å². The number of rotatable bonds is 5. The first-order valence-corrected chi connectivity index (χ1v) is 10.9. The second-order valence-electron chi connectivity index (χ2n) is 5.97. The number of carbonyl (C=O) groups is 2. The molecule has 1 N–H and O–H groups in total. The molecule has 10 heteroatoms. The van der Waals surface area contributed by atoms with E-state index in [1.54, 1.807) is 18.2 Å². The van der Waals surface area contributed by atoms with Crippen molar-refractivity contribution >= 4 is 56.0 Å². The maximum absolute atomic E-state index is 13.3. The van der Waals surface area contributed by atoms with Crippen LogP contribution in [0.1, 0.15) is 12.0 Å². The van der Waals surface area contributed by atoms with Gasteiger partial charge in [-0.1, -0.05) is 36.1 Å². The smallest absolute Gasteiger partial charge is 0.266 e. The third kappa shape index (κ3) is 5.02. The van der Waals surface area contributed by atoms with Crippen molar-refractivity contribution in [3.05, 3.63) is 52.0 Å². The molecule has 27 heavy (non-hydrogen) atoms. The fourth-order valence-corrected chi connectivity index (χ4v) is 5.14. The first-order valence-electron chi connectivity index (χ1n) is 7.95. The van der Waals surface area contributed by atoms with E-state index in [1.807, 2.05) is 0 Å². The normalized spacial score (nSPS) is 22.6. The Morgan fingerprint density at radius 3 is 2.89 bits per heavy atom. The summed E-state index contributed by atoms with van der Waals surface area (Å²) in [5.41, 5.74) is 0.544. The fourth-order valence-electron chi connectivity index (χ4n) is 2.60. The molecule has 2 heterocycles. The lowest BCUT2D eigenvalue weighted by molar-refractivity contribution is -0.124. The number of sulfone groups is 1. The lowest BCUT2D eigenvalue weighted by Crippen LogP contribution is -2.38. The Hall–Kier alpha value is -2.04. The standard InChI is InChI=1S/C17H15FN2O4S3/c18-12-3-1-2-11(8-12)9-14-16(22)20(17(25)26-14)6-4-15(21)19-13-5-7-27(23,24)10-13/h1-3,5,7-9,13H,4,6,10H2,(H,19,21)/b14-9+/t13-/m1/s1. The third-order valence-electron chi connectivity index (χ3n) is 3.86. The van der Waals surface area contributed by atoms with Crippen molar-refractivity contribution in [2.45, 2.75) is 12.5 Å². The molecule has 3 rings (SSSR count). The van der Waals surface area contributed by atoms with E-state index in [9.17, 15) is 22.4 Å². The van der Waals surface area contributed by atoms with Crippen LogP contribution in [0.15, 0.2) is 40.7 Å². The molecule has 1 fully saturated rings. The van der Waals surface area contributed by atoms with Crippen LogP contribution < -0.4 is 5.32 Å². The number of halogens is 1. The zero-order valence-electron chi connectivity index (χ0n) is 13.9. The molecule has 0 unspecified atom stereocenters. The number of nitrogens with zero attached hydrogens (tertiary/aromatic N) is 1. The van der Waals surface area contributed by atoms with Crippen LogP contribution in [-0.4, -0.2) is 47.8 Å². The summed E-state index contributed by atoms with van der Waals surface area (Å²) < 4.78 is 36.3. The summed E-state index contributed by atoms with van der Waals surface area (Å²) in [7, 11) is -3.25. The fraction of sp³-hybridized carbons (Fsp3) is 0.235. The van der Waals surface area contributed by atoms with Gasteiger partial charge in [0.05, 0.1) is 16.7 Å². The van der Waals surface area contributed by atoms with E-state index in [2.05, 4.69) is 5.32 Å². The molecule has 1 saturated heterocycles. The monoisotopic (exact) mass is 426 g/mol. The summed E-state index contributed by atoms with van der Waals surface area (Å²) in [5, 5.41) is 3.68. The zero-order valence-corrected chi connectivity index (χ0v) is 16.4. The quantitative estimate of drug-likeness (QED) is 0.572. The first kappa shape index (κ1) is 19.7. The van der Waals surface area contributed by atoms with Crippen LogP contribution in [0.25, 0.3) is 6.08 Å². The number of benzene rings is 1. The van der Waals surface area contributed by atoms with E-state index in [0.29, 0.717) is 14.8 Å². The Morgan fingerprint density at radius 1 is 1.44 bits per heavy atom. The Bertz CT molecular complexity index is 972. The first-order chi connectivity index (χ1) is 12.7. The lowest BCUT2D eigenvalue weighted by atomic mass is 10.2. The molecule has 1 aromatic rings. The van der Waals surface area contributed by atoms with Gasteiger partial charge < -0.3 is 5.32 Å². The van der Waals surface area contributed by atoms with Gasteiger partial charge in [-0.15, -0.1) is 0 Å². The lowest BCUT2D eigenvalue weighted by Gasteiger charge is -2.15. The summed E-state index contributed by atoms with van der Waals surface area (Å²) in [6, 6.07) is 5.28. The average Bonchev–Trinajstić information content (AvgIpc) is 3.05. The average molecular weight is 427 g/mol. The Morgan fingerprint density at radius 2 is 2.22 bits per heavy atom. The predicted octanol–water partition coefficient (Wildman–Crippen LogP) is 1.84. The van der Waals surface area contributed by atoms with Gasteiger partial charge in [0.15, 0.2) is 9.84 Å². The minimum atomic E-state index is -3.25. The molecule has 2 amide bonds. The molecule has 1 aromatic carbocycles. The van der Waals surface area contributed by atoms with Gasteiger partial charge in [0.1, 0.15) is 10.1 Å². The van der Waals surface area contributed by atoms with Crippen molar-refractivity contribution in [3.8, 4) is 0 Å². The second-order valence-corrected chi connectivity index (χ2v) is 9.58. The molecular weight excluding hydrogens is 411 g/mol. The van der Waals surface area contributed by atoms with Gasteiger partial charge >= 0.3 is 0 Å². The van der Waals surface area contributed by atoms with Crippen LogP contribution in [0.5, 0.6) is 0 Å². The van der Waals surface area contributed by atoms with Crippen LogP contribution in [0.2, 0.25) is 0 Å². The Balaban J connectivity index is 1.58. The van der Waals surface area contributed by atoms with Crippen molar-refractivity contribution in [1.29, 1.82) is 0 Å². The molecule has 2 aliphatic rings. The van der Waals surface area contributed by atoms with Gasteiger partial charge in [0.2, 0.25) is 5.91 Å². The number of hydrogen-bond acceptors (Lipinski definition) is 6. The summed E-state index contributed by atoms with van der Waals surface area (Å²) in [4.78, 5) is 26.2. The molecule has 142 valence electrons. The van der Waals surface area contributed by atoms with Crippen LogP contribution in [0.3, 0.4) is 0 Å². The van der Waals surface area contributed by atoms with Gasteiger partial charge in [-0.3, -0.25) is 14.5 Å². The number of carbonyl (C=O) groups excluding carboxylic acids is 2. The minimum Gasteiger partial charge on any atom is -0.349 e. The van der Waals surface area contributed by atoms with E-state index in [0.717, 1.165) is 17.2 Å². The largest absolute Gasteiger partial charge is 0.349 e. The summed E-state index contributed by atoms with van der Waals surface area (Å²) in [6.07, 6.45) is 2.97. The highest BCUT2D eigenvalue weighted by molar-refractivity contribution is 8.26. The summed E-state index contributed by atoms with van der Waals surface area (Å²) in [5.74, 6) is -1.27. The third-order valence-corrected chi connectivity index (χ3v) is 6.63. The van der Waals surface area contributed by atoms with Crippen molar-refractivity contribution in [2.24, 2.45) is 0 Å². The molecule has 0 radical (unpaired) electrons. The van der Waals surface area contributed by atoms with Crippen LogP contribution in [0, 0.1) is 5.82 Å². The Labute approximate surface area is 165 Å². The second kappa shape index (κ2) is 7.91. The number of nitrogens with one attached hydrogen (secondary N) is 1. The molecular formula is C17H15FN2O4S3. The van der Waals surface area contributed by atoms with Gasteiger partial charge in [0, 0.05) is 18.4 Å². The maximum atomic E-state index is 13.3. The molecule has 0 spiro atoms. The SMILES string of the molecule is O=C(CCN1C(=O)/C(=C\c2cccc(F)c2)SC1=S)N[C@@H]1C=CS(=O)(=O)C1. The molecule has 0 bridgehead atoms. The predicted molar refractivity (Wildman–Crippen MR) is 106 cm³/mol. The van der Waals surface area contributed by atoms with Gasteiger partial charge in [0.25, 0.3) is 5.91 Å². The topological polar surface area (TPSA) is 83.6 Å². The molecule has 0 saturated carbocycles. The van der Waals surface area contributed by atoms with Crippen LogP contribution in [-0.2, 0) is 19.4 Å². The van der Waals surface area contributed by atoms with Crippen LogP contribution in [0.4, 0.5) is 4.39 Å². The highest BCUT2D eigenvalue weighted by Gasteiger charge is 2.32. The molecule has 0 aliphatic carbocycles. The highest BCUT2D eigenvalue weighted by Crippen LogP contribution is 2.32. The zero-order chi connectivity index (χ0) is 19.6. The van der Waals surface area contributed by atoms with Gasteiger partial charge in [-0.25, -0.2) is 12.8 Å². The van der Waals surface area contributed by atoms with Crippen molar-refractivity contribution in [2.75, 3.05) is 12.3 Å². The number of thiocarbonyl (C=S) groups is 1. The number of hydrogen-bond donors (Lipinski definition) is 1. The summed E-state index contributed by atoms with van der Waals surface area (Å²) in [6.45, 7) is 0.0835. The molecule has 1 atom stereocenters. The van der Waals surface area contributed by atoms with E-state index in [1.165, 1.54) is 23.1 Å². The van der Waals surface area contributed by atoms with E-state index in [-0.39, 0.29) is 30.5 Å². The van der Waals surface area contributed by atoms with Crippen molar-refractivity contribution in [3.63, 3.8) is 0 Å². The van der Waals surface area contributed by atoms with E-state index < -0.39 is 21.7 Å². The Kier molecular flexibility index (Phi) is 5.78. The number of amides is 2. The molecule has 0 aromatic heterocycles. The number of thioether (sulfide) groups is 1. The van der Waals surface area contributed by atoms with Gasteiger partial charge in [-0.05, 0) is 29.8 Å².